The first kappa shape index (κ1) is 54.5. The SMILES string of the molecule is O.O.O=S(=O)([O-])C(F)(F)F.O=S(=O)([O-])C(F)(F)F.[Pd+2].c1ccc(P(c2ccccc2)c2ccc3cccc(-c4c(P(c5ccccc5)c5ccccc5)ccc5ccccc45)c3c2)cc1. The molecule has 0 spiro atoms. The van der Waals surface area contributed by atoms with Gasteiger partial charge in [0.05, 0.1) is 0 Å². The van der Waals surface area contributed by atoms with Crippen LogP contribution >= 0.6 is 15.8 Å². The Balaban J connectivity index is 0.000000508. The van der Waals surface area contributed by atoms with Crippen molar-refractivity contribution < 1.29 is 83.7 Å². The summed E-state index contributed by atoms with van der Waals surface area (Å²) in [5.41, 5.74) is -8.66. The van der Waals surface area contributed by atoms with Crippen molar-refractivity contribution in [3.8, 4) is 11.1 Å². The third-order valence-corrected chi connectivity index (χ3v) is 15.2. The molecule has 0 saturated heterocycles. The molecule has 0 bridgehead atoms. The molecule has 0 aliphatic heterocycles. The molecule has 342 valence electrons. The zero-order chi connectivity index (χ0) is 44.7. The standard InChI is InChI=1S/C44H32P2.2CHF3O3S.2H2O.Pd/c1-5-18-35(19-6-1)45(36-20-7-2-8-21-36)39-30-28-34-17-15-27-41(42(34)32-39)44-40-26-14-13-16-33(40)29-31-43(44)46(37-22-9-3-10-23-37)38-24-11-4-12-25-38;2*2-1(3,4)8(5,6)7;;;/h1-32H;2*(H,5,6,7);2*1H2;/q;;;;;+2/p-2. The number of fused-ring (bicyclic) bond motifs is 2. The number of alkyl halides is 6. The van der Waals surface area contributed by atoms with Crippen LogP contribution in [-0.2, 0) is 40.7 Å². The first-order chi connectivity index (χ1) is 29.3. The van der Waals surface area contributed by atoms with Gasteiger partial charge in [0.25, 0.3) is 0 Å². The second-order valence-corrected chi connectivity index (χ2v) is 20.4. The number of benzene rings is 8. The van der Waals surface area contributed by atoms with Gasteiger partial charge in [-0.15, -0.1) is 0 Å². The maximum absolute atomic E-state index is 10.7. The van der Waals surface area contributed by atoms with E-state index in [4.69, 9.17) is 25.9 Å². The third-order valence-electron chi connectivity index (χ3n) is 9.17. The minimum Gasteiger partial charge on any atom is -0.741 e. The van der Waals surface area contributed by atoms with Crippen LogP contribution in [0.4, 0.5) is 26.3 Å². The summed E-state index contributed by atoms with van der Waals surface area (Å²) in [6, 6.07) is 71.7. The van der Waals surface area contributed by atoms with Gasteiger partial charge >= 0.3 is 31.4 Å². The predicted octanol–water partition coefficient (Wildman–Crippen LogP) is 7.63. The molecule has 0 amide bonds. The van der Waals surface area contributed by atoms with E-state index in [1.165, 1.54) is 64.5 Å². The van der Waals surface area contributed by atoms with Gasteiger partial charge in [0.2, 0.25) is 0 Å². The minimum absolute atomic E-state index is 0. The molecule has 8 aromatic rings. The molecule has 0 atom stereocenters. The summed E-state index contributed by atoms with van der Waals surface area (Å²) in [6.45, 7) is 0. The van der Waals surface area contributed by atoms with E-state index in [0.29, 0.717) is 0 Å². The Hall–Kier alpha value is -4.88. The maximum Gasteiger partial charge on any atom is 2.00 e. The van der Waals surface area contributed by atoms with Crippen molar-refractivity contribution in [2.45, 2.75) is 11.0 Å². The smallest absolute Gasteiger partial charge is 0.741 e. The van der Waals surface area contributed by atoms with E-state index in [2.05, 4.69) is 194 Å². The molecular formula is C46H36F6O8P2PdS2. The van der Waals surface area contributed by atoms with E-state index >= 15 is 0 Å². The quantitative estimate of drug-likeness (QED) is 0.0521. The Morgan fingerprint density at radius 3 is 1.14 bits per heavy atom. The van der Waals surface area contributed by atoms with Crippen LogP contribution in [0.25, 0.3) is 32.7 Å². The monoisotopic (exact) mass is 1060 g/mol. The molecule has 4 N–H and O–H groups in total. The van der Waals surface area contributed by atoms with Crippen molar-refractivity contribution >= 4 is 89.5 Å². The van der Waals surface area contributed by atoms with E-state index < -0.39 is 47.1 Å². The van der Waals surface area contributed by atoms with Crippen molar-refractivity contribution in [1.29, 1.82) is 0 Å². The van der Waals surface area contributed by atoms with E-state index in [1.54, 1.807) is 0 Å². The summed E-state index contributed by atoms with van der Waals surface area (Å²) < 4.78 is 118. The first-order valence-corrected chi connectivity index (χ1v) is 23.7. The molecule has 0 aliphatic carbocycles. The second kappa shape index (κ2) is 23.0. The van der Waals surface area contributed by atoms with Crippen molar-refractivity contribution in [3.63, 3.8) is 0 Å². The largest absolute Gasteiger partial charge is 2.00 e. The first-order valence-electron chi connectivity index (χ1n) is 18.2. The molecule has 0 saturated carbocycles. The molecule has 0 fully saturated rings. The van der Waals surface area contributed by atoms with Crippen LogP contribution in [-0.4, -0.2) is 47.9 Å². The normalized spacial score (nSPS) is 11.5. The molecule has 8 aromatic carbocycles. The molecule has 0 heterocycles. The fourth-order valence-corrected chi connectivity index (χ4v) is 11.3. The average molecular weight is 1060 g/mol. The fraction of sp³-hybridized carbons (Fsp3) is 0.0435. The predicted molar refractivity (Wildman–Crippen MR) is 243 cm³/mol. The van der Waals surface area contributed by atoms with Crippen LogP contribution in [0.1, 0.15) is 0 Å². The number of rotatable bonds is 7. The van der Waals surface area contributed by atoms with Crippen molar-refractivity contribution in [3.05, 3.63) is 194 Å². The Morgan fingerprint density at radius 2 is 0.723 bits per heavy atom. The molecule has 8 rings (SSSR count). The molecule has 0 unspecified atom stereocenters. The van der Waals surface area contributed by atoms with Crippen molar-refractivity contribution in [2.75, 3.05) is 0 Å². The summed E-state index contributed by atoms with van der Waals surface area (Å²) in [4.78, 5) is 0. The van der Waals surface area contributed by atoms with Gasteiger partial charge in [-0.05, 0) is 86.4 Å². The Labute approximate surface area is 387 Å². The molecule has 19 heteroatoms. The summed E-state index contributed by atoms with van der Waals surface area (Å²) in [6.07, 6.45) is 0. The van der Waals surface area contributed by atoms with Gasteiger partial charge in [0.1, 0.15) is 0 Å². The summed E-state index contributed by atoms with van der Waals surface area (Å²) in [7, 11) is -13.7. The zero-order valence-corrected chi connectivity index (χ0v) is 38.2. The Bertz CT molecular complexity index is 2890. The topological polar surface area (TPSA) is 177 Å². The van der Waals surface area contributed by atoms with Gasteiger partial charge in [0, 0.05) is 0 Å². The van der Waals surface area contributed by atoms with Crippen LogP contribution < -0.4 is 31.8 Å². The molecular weight excluding hydrogens is 1030 g/mol. The molecule has 8 nitrogen and oxygen atoms in total. The minimum atomic E-state index is -6.09. The van der Waals surface area contributed by atoms with Crippen molar-refractivity contribution in [2.24, 2.45) is 0 Å². The fourth-order valence-electron chi connectivity index (χ4n) is 6.53. The number of hydrogen-bond acceptors (Lipinski definition) is 6. The van der Waals surface area contributed by atoms with Gasteiger partial charge in [-0.2, -0.15) is 26.3 Å². The van der Waals surface area contributed by atoms with Crippen molar-refractivity contribution in [1.82, 2.24) is 0 Å². The Kier molecular flexibility index (Phi) is 19.3. The van der Waals surface area contributed by atoms with Crippen LogP contribution in [0.15, 0.2) is 194 Å². The second-order valence-electron chi connectivity index (χ2n) is 13.2. The van der Waals surface area contributed by atoms with E-state index in [0.717, 1.165) is 0 Å². The molecule has 0 aromatic heterocycles. The number of halogens is 6. The Morgan fingerprint density at radius 1 is 0.385 bits per heavy atom. The van der Waals surface area contributed by atoms with Crippen LogP contribution in [0, 0.1) is 0 Å². The van der Waals surface area contributed by atoms with Gasteiger partial charge in [-0.3, -0.25) is 0 Å². The summed E-state index contributed by atoms with van der Waals surface area (Å²) >= 11 is 0. The van der Waals surface area contributed by atoms with E-state index in [9.17, 15) is 26.3 Å². The van der Waals surface area contributed by atoms with Gasteiger partial charge < -0.3 is 20.1 Å². The average Bonchev–Trinajstić information content (AvgIpc) is 3.24. The molecule has 0 radical (unpaired) electrons. The van der Waals surface area contributed by atoms with E-state index in [1.807, 2.05) is 0 Å². The third kappa shape index (κ3) is 13.4. The van der Waals surface area contributed by atoms with E-state index in [-0.39, 0.29) is 31.4 Å². The van der Waals surface area contributed by atoms with Crippen LogP contribution in [0.5, 0.6) is 0 Å². The van der Waals surface area contributed by atoms with Gasteiger partial charge in [0.15, 0.2) is 20.2 Å². The van der Waals surface area contributed by atoms with Gasteiger partial charge in [-0.1, -0.05) is 188 Å². The van der Waals surface area contributed by atoms with Crippen LogP contribution in [0.2, 0.25) is 0 Å². The summed E-state index contributed by atoms with van der Waals surface area (Å²) in [5, 5.41) is 13.3. The summed E-state index contributed by atoms with van der Waals surface area (Å²) in [5.74, 6) is 0. The molecule has 0 aliphatic rings. The number of hydrogen-bond donors (Lipinski definition) is 0. The van der Waals surface area contributed by atoms with Crippen LogP contribution in [0.3, 0.4) is 0 Å². The zero-order valence-electron chi connectivity index (χ0n) is 33.2. The molecule has 65 heavy (non-hydrogen) atoms. The maximum atomic E-state index is 10.7. The van der Waals surface area contributed by atoms with Gasteiger partial charge in [-0.25, -0.2) is 16.8 Å².